The first-order valence-corrected chi connectivity index (χ1v) is 9.42. The highest BCUT2D eigenvalue weighted by atomic mass is 32.2. The number of hydrogen-bond acceptors (Lipinski definition) is 8. The van der Waals surface area contributed by atoms with E-state index in [2.05, 4.69) is 10.6 Å². The van der Waals surface area contributed by atoms with Crippen LogP contribution >= 0.6 is 11.8 Å². The molecule has 3 aromatic rings. The lowest BCUT2D eigenvalue weighted by Gasteiger charge is -2.11. The van der Waals surface area contributed by atoms with Crippen molar-refractivity contribution in [2.75, 3.05) is 32.4 Å². The lowest BCUT2D eigenvalue weighted by molar-refractivity contribution is -0.705. The Kier molecular flexibility index (Phi) is 6.45. The highest BCUT2D eigenvalue weighted by Gasteiger charge is 2.22. The Morgan fingerprint density at radius 3 is 2.45 bits per heavy atom. The third-order valence-corrected chi connectivity index (χ3v) is 4.93. The Bertz CT molecular complexity index is 990. The standard InChI is InChI=1S/C19H19N3O6S/c1-25-13-6-4-12(5-7-13)22-18(19(24)28-21-22)29-11-17(23)20-15-9-8-14(26-2)10-16(15)27-3/h4-10H,11H2,1-3H3,(H-,20,21,23,24). The number of carbonyl (C=O) groups excluding carboxylic acids is 1. The lowest BCUT2D eigenvalue weighted by Crippen LogP contribution is -2.35. The first kappa shape index (κ1) is 20.3. The van der Waals surface area contributed by atoms with Crippen LogP contribution in [0, 0.1) is 0 Å². The van der Waals surface area contributed by atoms with E-state index in [0.717, 1.165) is 11.8 Å². The predicted molar refractivity (Wildman–Crippen MR) is 103 cm³/mol. The van der Waals surface area contributed by atoms with Crippen LogP contribution in [0.15, 0.2) is 52.0 Å². The molecule has 1 heterocycles. The number of ether oxygens (including phenoxy) is 3. The monoisotopic (exact) mass is 417 g/mol. The number of nitrogens with one attached hydrogen (secondary N) is 1. The zero-order chi connectivity index (χ0) is 20.8. The maximum Gasteiger partial charge on any atom is 0.298 e. The Morgan fingerprint density at radius 2 is 1.79 bits per heavy atom. The molecule has 0 radical (unpaired) electrons. The van der Waals surface area contributed by atoms with Crippen molar-refractivity contribution in [3.8, 4) is 28.9 Å². The molecule has 0 spiro atoms. The smallest absolute Gasteiger partial charge is 0.298 e. The van der Waals surface area contributed by atoms with Gasteiger partial charge in [-0.25, -0.2) is 0 Å². The summed E-state index contributed by atoms with van der Waals surface area (Å²) in [5.74, 6) is 0.769. The van der Waals surface area contributed by atoms with Crippen molar-refractivity contribution in [3.05, 3.63) is 42.5 Å². The molecule has 0 unspecified atom stereocenters. The molecular weight excluding hydrogens is 398 g/mol. The first-order chi connectivity index (χ1) is 14.0. The molecule has 0 aliphatic heterocycles. The van der Waals surface area contributed by atoms with Gasteiger partial charge in [-0.05, 0) is 40.7 Å². The van der Waals surface area contributed by atoms with E-state index in [4.69, 9.17) is 18.7 Å². The maximum absolute atomic E-state index is 12.4. The molecule has 0 aliphatic carbocycles. The molecule has 0 fully saturated rings. The summed E-state index contributed by atoms with van der Waals surface area (Å²) >= 11 is 1.02. The van der Waals surface area contributed by atoms with Gasteiger partial charge in [0, 0.05) is 18.2 Å². The molecule has 0 saturated carbocycles. The van der Waals surface area contributed by atoms with Crippen LogP contribution in [0.25, 0.3) is 5.69 Å². The number of carbonyl (C=O) groups is 1. The van der Waals surface area contributed by atoms with Crippen LogP contribution in [0.3, 0.4) is 0 Å². The second-order valence-electron chi connectivity index (χ2n) is 5.68. The SMILES string of the molecule is COc1ccc(-[n+]2noc([O-])c2SCC(=O)Nc2ccc(OC)cc2OC)cc1. The van der Waals surface area contributed by atoms with Gasteiger partial charge < -0.3 is 29.2 Å². The summed E-state index contributed by atoms with van der Waals surface area (Å²) in [6, 6.07) is 12.0. The van der Waals surface area contributed by atoms with Crippen molar-refractivity contribution in [3.63, 3.8) is 0 Å². The molecule has 29 heavy (non-hydrogen) atoms. The number of nitrogens with zero attached hydrogens (tertiary/aromatic N) is 2. The number of amides is 1. The molecule has 1 N–H and O–H groups in total. The van der Waals surface area contributed by atoms with Crippen LogP contribution < -0.4 is 29.3 Å². The largest absolute Gasteiger partial charge is 0.538 e. The van der Waals surface area contributed by atoms with Crippen molar-refractivity contribution >= 4 is 23.4 Å². The summed E-state index contributed by atoms with van der Waals surface area (Å²) in [5.41, 5.74) is 1.10. The normalized spacial score (nSPS) is 10.4. The van der Waals surface area contributed by atoms with Crippen molar-refractivity contribution < 1.29 is 33.3 Å². The van der Waals surface area contributed by atoms with Crippen molar-refractivity contribution in [1.82, 2.24) is 5.27 Å². The Morgan fingerprint density at radius 1 is 1.10 bits per heavy atom. The van der Waals surface area contributed by atoms with E-state index < -0.39 is 5.95 Å². The fourth-order valence-electron chi connectivity index (χ4n) is 2.47. The second-order valence-corrected chi connectivity index (χ2v) is 6.64. The zero-order valence-electron chi connectivity index (χ0n) is 16.0. The molecule has 152 valence electrons. The van der Waals surface area contributed by atoms with Gasteiger partial charge in [-0.3, -0.25) is 4.79 Å². The number of benzene rings is 2. The summed E-state index contributed by atoms with van der Waals surface area (Å²) in [4.78, 5) is 12.4. The predicted octanol–water partition coefficient (Wildman–Crippen LogP) is 1.78. The highest BCUT2D eigenvalue weighted by molar-refractivity contribution is 7.99. The third-order valence-electron chi connectivity index (χ3n) is 3.91. The van der Waals surface area contributed by atoms with Gasteiger partial charge in [0.1, 0.15) is 17.2 Å². The van der Waals surface area contributed by atoms with E-state index in [9.17, 15) is 9.90 Å². The van der Waals surface area contributed by atoms with Gasteiger partial charge in [0.15, 0.2) is 5.95 Å². The fourth-order valence-corrected chi connectivity index (χ4v) is 3.23. The van der Waals surface area contributed by atoms with E-state index in [1.165, 1.54) is 11.8 Å². The van der Waals surface area contributed by atoms with Crippen LogP contribution in [0.1, 0.15) is 0 Å². The topological polar surface area (TPSA) is 110 Å². The minimum atomic E-state index is -0.624. The van der Waals surface area contributed by atoms with Crippen LogP contribution in [0.2, 0.25) is 0 Å². The number of methoxy groups -OCH3 is 3. The van der Waals surface area contributed by atoms with Crippen LogP contribution in [0.4, 0.5) is 5.69 Å². The number of rotatable bonds is 8. The molecule has 9 nitrogen and oxygen atoms in total. The summed E-state index contributed by atoms with van der Waals surface area (Å²) in [7, 11) is 4.60. The van der Waals surface area contributed by atoms with Crippen LogP contribution in [0.5, 0.6) is 23.2 Å². The molecule has 0 bridgehead atoms. The number of aromatic nitrogens is 2. The zero-order valence-corrected chi connectivity index (χ0v) is 16.8. The minimum Gasteiger partial charge on any atom is -0.538 e. The average Bonchev–Trinajstić information content (AvgIpc) is 3.12. The van der Waals surface area contributed by atoms with Crippen molar-refractivity contribution in [2.45, 2.75) is 5.03 Å². The van der Waals surface area contributed by atoms with Gasteiger partial charge >= 0.3 is 0 Å². The van der Waals surface area contributed by atoms with Crippen molar-refractivity contribution in [1.29, 1.82) is 0 Å². The Balaban J connectivity index is 1.70. The van der Waals surface area contributed by atoms with Crippen LogP contribution in [-0.4, -0.2) is 38.3 Å². The summed E-state index contributed by atoms with van der Waals surface area (Å²) in [6.07, 6.45) is 0. The summed E-state index contributed by atoms with van der Waals surface area (Å²) < 4.78 is 21.6. The third kappa shape index (κ3) is 4.72. The van der Waals surface area contributed by atoms with E-state index in [1.807, 2.05) is 0 Å². The molecule has 1 aromatic heterocycles. The Hall–Kier alpha value is -3.40. The molecule has 2 aromatic carbocycles. The van der Waals surface area contributed by atoms with E-state index >= 15 is 0 Å². The van der Waals surface area contributed by atoms with E-state index in [-0.39, 0.29) is 16.7 Å². The molecule has 1 amide bonds. The lowest BCUT2D eigenvalue weighted by atomic mass is 10.2. The van der Waals surface area contributed by atoms with E-state index in [0.29, 0.717) is 28.6 Å². The van der Waals surface area contributed by atoms with Crippen LogP contribution in [-0.2, 0) is 4.79 Å². The van der Waals surface area contributed by atoms with Gasteiger partial charge in [0.25, 0.3) is 5.03 Å². The van der Waals surface area contributed by atoms with Crippen molar-refractivity contribution in [2.24, 2.45) is 0 Å². The van der Waals surface area contributed by atoms with Gasteiger partial charge in [0.05, 0.1) is 38.0 Å². The molecule has 0 saturated heterocycles. The highest BCUT2D eigenvalue weighted by Crippen LogP contribution is 2.30. The van der Waals surface area contributed by atoms with Gasteiger partial charge in [-0.15, -0.1) is 0 Å². The van der Waals surface area contributed by atoms with E-state index in [1.54, 1.807) is 56.7 Å². The summed E-state index contributed by atoms with van der Waals surface area (Å²) in [5, 5.41) is 18.7. The molecule has 10 heteroatoms. The summed E-state index contributed by atoms with van der Waals surface area (Å²) in [6.45, 7) is 0. The quantitative estimate of drug-likeness (QED) is 0.436. The molecular formula is C19H19N3O6S. The number of anilines is 1. The number of hydrogen-bond donors (Lipinski definition) is 1. The minimum absolute atomic E-state index is 0.0260. The molecule has 3 rings (SSSR count). The Labute approximate surface area is 171 Å². The molecule has 0 aliphatic rings. The van der Waals surface area contributed by atoms with Gasteiger partial charge in [-0.2, -0.15) is 0 Å². The van der Waals surface area contributed by atoms with Gasteiger partial charge in [-0.1, -0.05) is 0 Å². The average molecular weight is 417 g/mol. The molecule has 0 atom stereocenters. The number of thioether (sulfide) groups is 1. The maximum atomic E-state index is 12.4. The first-order valence-electron chi connectivity index (χ1n) is 8.44. The fraction of sp³-hybridized carbons (Fsp3) is 0.211. The van der Waals surface area contributed by atoms with Gasteiger partial charge in [0.2, 0.25) is 11.6 Å². The second kappa shape index (κ2) is 9.20.